The first-order valence-electron chi connectivity index (χ1n) is 3.55. The lowest BCUT2D eigenvalue weighted by Crippen LogP contribution is -2.47. The molecule has 1 amide bonds. The van der Waals surface area contributed by atoms with Crippen molar-refractivity contribution in [2.45, 2.75) is 18.6 Å². The van der Waals surface area contributed by atoms with Gasteiger partial charge in [-0.25, -0.2) is 4.79 Å². The normalized spacial score (nSPS) is 31.4. The van der Waals surface area contributed by atoms with E-state index in [4.69, 9.17) is 5.73 Å². The number of hydrogen-bond acceptors (Lipinski definition) is 4. The van der Waals surface area contributed by atoms with Crippen molar-refractivity contribution in [2.24, 2.45) is 5.73 Å². The van der Waals surface area contributed by atoms with E-state index in [0.29, 0.717) is 13.0 Å². The fraction of sp³-hybridized carbons (Fsp3) is 0.833. The van der Waals surface area contributed by atoms with E-state index in [-0.39, 0.29) is 0 Å². The molecule has 64 valence electrons. The van der Waals surface area contributed by atoms with Gasteiger partial charge in [0.2, 0.25) is 0 Å². The van der Waals surface area contributed by atoms with Crippen molar-refractivity contribution in [2.75, 3.05) is 13.1 Å². The Morgan fingerprint density at radius 1 is 1.73 bits per heavy atom. The smallest absolute Gasteiger partial charge is 0.404 e. The summed E-state index contributed by atoms with van der Waals surface area (Å²) in [5.41, 5.74) is 4.79. The zero-order valence-electron chi connectivity index (χ0n) is 6.12. The SMILES string of the molecule is NC(=O)O[C@@H]1CNCC[C@H]1O. The molecule has 5 heteroatoms. The molecule has 0 spiro atoms. The van der Waals surface area contributed by atoms with Crippen LogP contribution in [0, 0.1) is 0 Å². The van der Waals surface area contributed by atoms with E-state index in [1.807, 2.05) is 0 Å². The van der Waals surface area contributed by atoms with Gasteiger partial charge >= 0.3 is 6.09 Å². The van der Waals surface area contributed by atoms with E-state index >= 15 is 0 Å². The maximum atomic E-state index is 10.3. The molecule has 0 bridgehead atoms. The minimum absolute atomic E-state index is 0.476. The molecule has 5 nitrogen and oxygen atoms in total. The zero-order valence-corrected chi connectivity index (χ0v) is 6.12. The number of aliphatic hydroxyl groups is 1. The number of carbonyl (C=O) groups is 1. The Labute approximate surface area is 64.5 Å². The molecule has 0 radical (unpaired) electrons. The lowest BCUT2D eigenvalue weighted by Gasteiger charge is -2.27. The van der Waals surface area contributed by atoms with Crippen LogP contribution in [0.5, 0.6) is 0 Å². The van der Waals surface area contributed by atoms with Gasteiger partial charge in [-0.05, 0) is 13.0 Å². The first-order valence-corrected chi connectivity index (χ1v) is 3.55. The number of nitrogens with one attached hydrogen (secondary N) is 1. The highest BCUT2D eigenvalue weighted by atomic mass is 16.6. The number of piperidine rings is 1. The summed E-state index contributed by atoms with van der Waals surface area (Å²) in [4.78, 5) is 10.3. The molecule has 0 saturated carbocycles. The topological polar surface area (TPSA) is 84.6 Å². The fourth-order valence-electron chi connectivity index (χ4n) is 1.09. The van der Waals surface area contributed by atoms with E-state index in [1.165, 1.54) is 0 Å². The summed E-state index contributed by atoms with van der Waals surface area (Å²) < 4.78 is 4.63. The Hall–Kier alpha value is -0.810. The molecule has 1 heterocycles. The van der Waals surface area contributed by atoms with E-state index in [2.05, 4.69) is 10.1 Å². The van der Waals surface area contributed by atoms with Crippen molar-refractivity contribution in [1.29, 1.82) is 0 Å². The highest BCUT2D eigenvalue weighted by Gasteiger charge is 2.25. The molecule has 0 aromatic heterocycles. The summed E-state index contributed by atoms with van der Waals surface area (Å²) in [6, 6.07) is 0. The Balaban J connectivity index is 2.35. The largest absolute Gasteiger partial charge is 0.442 e. The molecule has 0 aliphatic carbocycles. The Morgan fingerprint density at radius 3 is 3.00 bits per heavy atom. The van der Waals surface area contributed by atoms with Gasteiger partial charge in [0.15, 0.2) is 0 Å². The second-order valence-electron chi connectivity index (χ2n) is 2.54. The number of hydrogen-bond donors (Lipinski definition) is 3. The van der Waals surface area contributed by atoms with Crippen LogP contribution in [0.2, 0.25) is 0 Å². The summed E-state index contributed by atoms with van der Waals surface area (Å²) in [6.45, 7) is 1.23. The minimum atomic E-state index is -0.835. The van der Waals surface area contributed by atoms with Crippen molar-refractivity contribution in [3.63, 3.8) is 0 Å². The number of rotatable bonds is 1. The van der Waals surface area contributed by atoms with Crippen LogP contribution < -0.4 is 11.1 Å². The first-order chi connectivity index (χ1) is 5.20. The standard InChI is InChI=1S/C6H12N2O3/c7-6(10)11-5-3-8-2-1-4(5)9/h4-5,8-9H,1-3H2,(H2,7,10)/t4-,5-/m1/s1. The van der Waals surface area contributed by atoms with Crippen molar-refractivity contribution >= 4 is 6.09 Å². The number of ether oxygens (including phenoxy) is 1. The average molecular weight is 160 g/mol. The van der Waals surface area contributed by atoms with Crippen LogP contribution in [-0.2, 0) is 4.74 Å². The van der Waals surface area contributed by atoms with Gasteiger partial charge < -0.3 is 20.9 Å². The van der Waals surface area contributed by atoms with E-state index in [0.717, 1.165) is 6.54 Å². The third kappa shape index (κ3) is 2.36. The van der Waals surface area contributed by atoms with Crippen molar-refractivity contribution < 1.29 is 14.6 Å². The lowest BCUT2D eigenvalue weighted by atomic mass is 10.1. The van der Waals surface area contributed by atoms with Gasteiger partial charge in [0.05, 0.1) is 6.10 Å². The van der Waals surface area contributed by atoms with Gasteiger partial charge in [0.25, 0.3) is 0 Å². The number of primary amides is 1. The summed E-state index contributed by atoms with van der Waals surface area (Å²) >= 11 is 0. The molecule has 1 aliphatic rings. The maximum Gasteiger partial charge on any atom is 0.404 e. The fourth-order valence-corrected chi connectivity index (χ4v) is 1.09. The lowest BCUT2D eigenvalue weighted by molar-refractivity contribution is -0.00989. The van der Waals surface area contributed by atoms with E-state index in [9.17, 15) is 9.90 Å². The van der Waals surface area contributed by atoms with Crippen LogP contribution >= 0.6 is 0 Å². The second-order valence-corrected chi connectivity index (χ2v) is 2.54. The van der Waals surface area contributed by atoms with Gasteiger partial charge in [0, 0.05) is 6.54 Å². The second kappa shape index (κ2) is 3.54. The average Bonchev–Trinajstić information content (AvgIpc) is 1.93. The Kier molecular flexibility index (Phi) is 2.67. The highest BCUT2D eigenvalue weighted by Crippen LogP contribution is 2.06. The van der Waals surface area contributed by atoms with Crippen LogP contribution in [-0.4, -0.2) is 36.5 Å². The molecule has 1 aliphatic heterocycles. The van der Waals surface area contributed by atoms with Gasteiger partial charge in [-0.2, -0.15) is 0 Å². The van der Waals surface area contributed by atoms with Gasteiger partial charge in [0.1, 0.15) is 6.10 Å². The van der Waals surface area contributed by atoms with Crippen molar-refractivity contribution in [1.82, 2.24) is 5.32 Å². The van der Waals surface area contributed by atoms with Crippen molar-refractivity contribution in [3.8, 4) is 0 Å². The molecule has 2 atom stereocenters. The Morgan fingerprint density at radius 2 is 2.45 bits per heavy atom. The van der Waals surface area contributed by atoms with Gasteiger partial charge in [-0.3, -0.25) is 0 Å². The summed E-state index contributed by atoms with van der Waals surface area (Å²) in [5, 5.41) is 12.2. The van der Waals surface area contributed by atoms with Crippen LogP contribution in [0.15, 0.2) is 0 Å². The summed E-state index contributed by atoms with van der Waals surface area (Å²) in [6.07, 6.45) is -1.31. The van der Waals surface area contributed by atoms with Crippen LogP contribution in [0.4, 0.5) is 4.79 Å². The predicted octanol–water partition coefficient (Wildman–Crippen LogP) is -1.20. The van der Waals surface area contributed by atoms with Crippen LogP contribution in [0.3, 0.4) is 0 Å². The molecule has 1 fully saturated rings. The molecule has 0 aromatic carbocycles. The molecule has 0 aromatic rings. The molecule has 4 N–H and O–H groups in total. The van der Waals surface area contributed by atoms with Crippen molar-refractivity contribution in [3.05, 3.63) is 0 Å². The van der Waals surface area contributed by atoms with Gasteiger partial charge in [-0.1, -0.05) is 0 Å². The zero-order chi connectivity index (χ0) is 8.27. The highest BCUT2D eigenvalue weighted by molar-refractivity contribution is 5.64. The van der Waals surface area contributed by atoms with Gasteiger partial charge in [-0.15, -0.1) is 0 Å². The minimum Gasteiger partial charge on any atom is -0.442 e. The monoisotopic (exact) mass is 160 g/mol. The number of aliphatic hydroxyl groups excluding tert-OH is 1. The van der Waals surface area contributed by atoms with Crippen LogP contribution in [0.1, 0.15) is 6.42 Å². The maximum absolute atomic E-state index is 10.3. The predicted molar refractivity (Wildman–Crippen MR) is 37.9 cm³/mol. The molecule has 11 heavy (non-hydrogen) atoms. The third-order valence-corrected chi connectivity index (χ3v) is 1.66. The molecule has 1 saturated heterocycles. The molecule has 0 unspecified atom stereocenters. The molecular formula is C6H12N2O3. The van der Waals surface area contributed by atoms with E-state index < -0.39 is 18.3 Å². The van der Waals surface area contributed by atoms with E-state index in [1.54, 1.807) is 0 Å². The summed E-state index contributed by atoms with van der Waals surface area (Å²) in [5.74, 6) is 0. The first kappa shape index (κ1) is 8.29. The van der Waals surface area contributed by atoms with Crippen LogP contribution in [0.25, 0.3) is 0 Å². The summed E-state index contributed by atoms with van der Waals surface area (Å²) in [7, 11) is 0. The number of amides is 1. The number of nitrogens with two attached hydrogens (primary N) is 1. The quantitative estimate of drug-likeness (QED) is 0.450. The molecule has 1 rings (SSSR count). The third-order valence-electron chi connectivity index (χ3n) is 1.66. The number of carbonyl (C=O) groups excluding carboxylic acids is 1. The molecular weight excluding hydrogens is 148 g/mol. The Bertz CT molecular complexity index is 151.